The number of benzene rings is 1. The van der Waals surface area contributed by atoms with Crippen LogP contribution in [0.3, 0.4) is 0 Å². The van der Waals surface area contributed by atoms with Crippen LogP contribution in [0.1, 0.15) is 23.7 Å². The van der Waals surface area contributed by atoms with Gasteiger partial charge in [-0.05, 0) is 26.0 Å². The van der Waals surface area contributed by atoms with Gasteiger partial charge in [0, 0.05) is 12.6 Å². The molecule has 114 valence electrons. The topological polar surface area (TPSA) is 45.5 Å². The van der Waals surface area contributed by atoms with Gasteiger partial charge in [-0.3, -0.25) is 4.90 Å². The molecule has 0 unspecified atom stereocenters. The Balaban J connectivity index is 1.59. The number of anilines is 1. The van der Waals surface area contributed by atoms with Crippen molar-refractivity contribution in [1.82, 2.24) is 19.5 Å². The number of likely N-dealkylation sites (N-methyl/N-ethyl adjacent to an activating group) is 1. The lowest BCUT2D eigenvalue weighted by Crippen LogP contribution is -2.29. The van der Waals surface area contributed by atoms with Gasteiger partial charge in [-0.2, -0.15) is 0 Å². The number of hydrogen-bond donors (Lipinski definition) is 1. The van der Waals surface area contributed by atoms with E-state index in [1.165, 1.54) is 5.56 Å². The summed E-state index contributed by atoms with van der Waals surface area (Å²) in [4.78, 5) is 7.83. The zero-order chi connectivity index (χ0) is 15.1. The van der Waals surface area contributed by atoms with Crippen molar-refractivity contribution in [3.63, 3.8) is 0 Å². The highest BCUT2D eigenvalue weighted by Gasteiger charge is 2.33. The standard InChI is InChI=1S/C16H19N5S/c1-11-10-21-16(17-11)22-15(19-21)18-13-8-9-20(2)14(13)12-6-4-3-5-7-12/h3-7,10,13-14H,8-9H2,1-2H3,(H,18,19)/t13-,14-/m0/s1. The van der Waals surface area contributed by atoms with Crippen LogP contribution in [0.5, 0.6) is 0 Å². The minimum Gasteiger partial charge on any atom is -0.355 e. The van der Waals surface area contributed by atoms with Gasteiger partial charge >= 0.3 is 0 Å². The van der Waals surface area contributed by atoms with Crippen molar-refractivity contribution in [2.45, 2.75) is 25.4 Å². The molecule has 1 aromatic carbocycles. The van der Waals surface area contributed by atoms with E-state index < -0.39 is 0 Å². The fourth-order valence-electron chi connectivity index (χ4n) is 3.26. The van der Waals surface area contributed by atoms with Gasteiger partial charge < -0.3 is 5.32 Å². The number of nitrogens with one attached hydrogen (secondary N) is 1. The van der Waals surface area contributed by atoms with Gasteiger partial charge in [0.15, 0.2) is 0 Å². The maximum Gasteiger partial charge on any atom is 0.214 e. The van der Waals surface area contributed by atoms with Gasteiger partial charge in [0.25, 0.3) is 0 Å². The molecule has 1 aliphatic rings. The lowest BCUT2D eigenvalue weighted by molar-refractivity contribution is 0.309. The van der Waals surface area contributed by atoms with Crippen molar-refractivity contribution in [2.24, 2.45) is 0 Å². The molecule has 0 aliphatic carbocycles. The molecule has 3 aromatic rings. The van der Waals surface area contributed by atoms with Crippen LogP contribution >= 0.6 is 11.3 Å². The molecule has 4 rings (SSSR count). The van der Waals surface area contributed by atoms with Gasteiger partial charge in [-0.1, -0.05) is 41.7 Å². The first-order chi connectivity index (χ1) is 10.7. The Labute approximate surface area is 133 Å². The van der Waals surface area contributed by atoms with Crippen LogP contribution in [0.25, 0.3) is 4.96 Å². The van der Waals surface area contributed by atoms with E-state index >= 15 is 0 Å². The Kier molecular flexibility index (Phi) is 3.35. The maximum atomic E-state index is 4.59. The quantitative estimate of drug-likeness (QED) is 0.807. The molecule has 1 saturated heterocycles. The lowest BCUT2D eigenvalue weighted by Gasteiger charge is -2.25. The summed E-state index contributed by atoms with van der Waals surface area (Å²) in [6.07, 6.45) is 3.09. The van der Waals surface area contributed by atoms with Crippen LogP contribution in [-0.2, 0) is 0 Å². The molecule has 0 spiro atoms. The summed E-state index contributed by atoms with van der Waals surface area (Å²) in [6, 6.07) is 11.5. The van der Waals surface area contributed by atoms with Gasteiger partial charge in [0.05, 0.1) is 17.9 Å². The third-order valence-electron chi connectivity index (χ3n) is 4.26. The molecule has 0 radical (unpaired) electrons. The van der Waals surface area contributed by atoms with Crippen LogP contribution in [0.4, 0.5) is 5.13 Å². The molecule has 0 saturated carbocycles. The van der Waals surface area contributed by atoms with Crippen molar-refractivity contribution in [2.75, 3.05) is 18.9 Å². The summed E-state index contributed by atoms with van der Waals surface area (Å²) in [5.41, 5.74) is 2.37. The van der Waals surface area contributed by atoms with Gasteiger partial charge in [0.1, 0.15) is 0 Å². The minimum absolute atomic E-state index is 0.379. The monoisotopic (exact) mass is 313 g/mol. The molecule has 0 amide bonds. The molecular weight excluding hydrogens is 294 g/mol. The largest absolute Gasteiger partial charge is 0.355 e. The second-order valence-electron chi connectivity index (χ2n) is 5.89. The van der Waals surface area contributed by atoms with Gasteiger partial charge in [0.2, 0.25) is 10.1 Å². The minimum atomic E-state index is 0.379. The number of imidazole rings is 1. The number of aromatic nitrogens is 3. The van der Waals surface area contributed by atoms with Crippen LogP contribution in [0.2, 0.25) is 0 Å². The molecule has 2 atom stereocenters. The van der Waals surface area contributed by atoms with Gasteiger partial charge in [-0.25, -0.2) is 9.50 Å². The molecule has 3 heterocycles. The van der Waals surface area contributed by atoms with E-state index in [2.05, 4.69) is 57.7 Å². The third-order valence-corrected chi connectivity index (χ3v) is 5.12. The summed E-state index contributed by atoms with van der Waals surface area (Å²) >= 11 is 1.61. The highest BCUT2D eigenvalue weighted by Crippen LogP contribution is 2.33. The van der Waals surface area contributed by atoms with Crippen molar-refractivity contribution in [1.29, 1.82) is 0 Å². The fraction of sp³-hybridized carbons (Fsp3) is 0.375. The van der Waals surface area contributed by atoms with Crippen molar-refractivity contribution < 1.29 is 0 Å². The smallest absolute Gasteiger partial charge is 0.214 e. The number of nitrogens with zero attached hydrogens (tertiary/aromatic N) is 4. The summed E-state index contributed by atoms with van der Waals surface area (Å²) in [7, 11) is 2.19. The maximum absolute atomic E-state index is 4.59. The van der Waals surface area contributed by atoms with Crippen LogP contribution < -0.4 is 5.32 Å². The Bertz CT molecular complexity index is 747. The zero-order valence-corrected chi connectivity index (χ0v) is 13.5. The molecule has 6 heteroatoms. The van der Waals surface area contributed by atoms with Crippen molar-refractivity contribution >= 4 is 21.4 Å². The number of hydrogen-bond acceptors (Lipinski definition) is 5. The highest BCUT2D eigenvalue weighted by atomic mass is 32.1. The lowest BCUT2D eigenvalue weighted by atomic mass is 10.0. The molecule has 1 N–H and O–H groups in total. The molecule has 22 heavy (non-hydrogen) atoms. The Morgan fingerprint density at radius 3 is 2.86 bits per heavy atom. The normalized spacial score (nSPS) is 22.5. The first-order valence-corrected chi connectivity index (χ1v) is 8.37. The molecule has 5 nitrogen and oxygen atoms in total. The molecule has 1 aliphatic heterocycles. The zero-order valence-electron chi connectivity index (χ0n) is 12.7. The summed E-state index contributed by atoms with van der Waals surface area (Å²) in [5, 5.41) is 9.16. The second kappa shape index (κ2) is 5.37. The summed E-state index contributed by atoms with van der Waals surface area (Å²) < 4.78 is 1.86. The third kappa shape index (κ3) is 2.38. The summed E-state index contributed by atoms with van der Waals surface area (Å²) in [5.74, 6) is 0. The average molecular weight is 313 g/mol. The first-order valence-electron chi connectivity index (χ1n) is 7.55. The van der Waals surface area contributed by atoms with E-state index in [0.717, 1.165) is 28.8 Å². The van der Waals surface area contributed by atoms with Gasteiger partial charge in [-0.15, -0.1) is 5.10 Å². The first kappa shape index (κ1) is 13.7. The van der Waals surface area contributed by atoms with Crippen LogP contribution in [-0.4, -0.2) is 39.1 Å². The summed E-state index contributed by atoms with van der Waals surface area (Å²) in [6.45, 7) is 3.09. The van der Waals surface area contributed by atoms with E-state index in [-0.39, 0.29) is 0 Å². The number of rotatable bonds is 3. The number of likely N-dealkylation sites (tertiary alicyclic amines) is 1. The van der Waals surface area contributed by atoms with Crippen molar-refractivity contribution in [3.05, 3.63) is 47.8 Å². The number of aryl methyl sites for hydroxylation is 1. The predicted molar refractivity (Wildman–Crippen MR) is 89.4 cm³/mol. The van der Waals surface area contributed by atoms with Crippen molar-refractivity contribution in [3.8, 4) is 0 Å². The number of fused-ring (bicyclic) bond motifs is 1. The van der Waals surface area contributed by atoms with E-state index in [1.54, 1.807) is 11.3 Å². The second-order valence-corrected chi connectivity index (χ2v) is 6.85. The Morgan fingerprint density at radius 2 is 2.09 bits per heavy atom. The average Bonchev–Trinajstić information content (AvgIpc) is 3.13. The van der Waals surface area contributed by atoms with E-state index in [1.807, 2.05) is 17.6 Å². The molecule has 2 aromatic heterocycles. The fourth-order valence-corrected chi connectivity index (χ4v) is 4.15. The SMILES string of the molecule is Cc1cn2nc(N[C@H]3CCN(C)[C@H]3c3ccccc3)sc2n1. The van der Waals surface area contributed by atoms with Crippen LogP contribution in [0.15, 0.2) is 36.5 Å². The highest BCUT2D eigenvalue weighted by molar-refractivity contribution is 7.20. The van der Waals surface area contributed by atoms with Crippen LogP contribution in [0, 0.1) is 6.92 Å². The molecular formula is C16H19N5S. The Morgan fingerprint density at radius 1 is 1.27 bits per heavy atom. The van der Waals surface area contributed by atoms with E-state index in [0.29, 0.717) is 12.1 Å². The molecule has 1 fully saturated rings. The predicted octanol–water partition coefficient (Wildman–Crippen LogP) is 2.96. The molecule has 0 bridgehead atoms. The van der Waals surface area contributed by atoms with E-state index in [4.69, 9.17) is 0 Å². The van der Waals surface area contributed by atoms with E-state index in [9.17, 15) is 0 Å². The Hall–Kier alpha value is -1.92.